The van der Waals surface area contributed by atoms with E-state index in [2.05, 4.69) is 33.5 Å². The molecular weight excluding hydrogens is 308 g/mol. The van der Waals surface area contributed by atoms with E-state index in [9.17, 15) is 4.79 Å². The van der Waals surface area contributed by atoms with Crippen LogP contribution in [0, 0.1) is 0 Å². The summed E-state index contributed by atoms with van der Waals surface area (Å²) in [6, 6.07) is 11.4. The summed E-state index contributed by atoms with van der Waals surface area (Å²) in [7, 11) is 0. The Balaban J connectivity index is 1.74. The van der Waals surface area contributed by atoms with Crippen molar-refractivity contribution in [2.24, 2.45) is 0 Å². The lowest BCUT2D eigenvalue weighted by Crippen LogP contribution is -2.28. The fraction of sp³-hybridized carbons (Fsp3) is 0.235. The molecular formula is C17H18N4OS. The summed E-state index contributed by atoms with van der Waals surface area (Å²) in [5.41, 5.74) is 1.85. The van der Waals surface area contributed by atoms with Crippen LogP contribution in [-0.4, -0.2) is 21.1 Å². The number of nitrogens with zero attached hydrogens (tertiary/aromatic N) is 2. The molecule has 0 bridgehead atoms. The van der Waals surface area contributed by atoms with Gasteiger partial charge in [-0.1, -0.05) is 25.5 Å². The molecule has 3 aromatic rings. The molecule has 0 aliphatic carbocycles. The third kappa shape index (κ3) is 3.65. The summed E-state index contributed by atoms with van der Waals surface area (Å²) in [6.45, 7) is 2.11. The van der Waals surface area contributed by atoms with Crippen molar-refractivity contribution in [3.8, 4) is 11.4 Å². The molecule has 118 valence electrons. The Morgan fingerprint density at radius 1 is 1.30 bits per heavy atom. The van der Waals surface area contributed by atoms with Crippen molar-refractivity contribution in [3.05, 3.63) is 58.5 Å². The van der Waals surface area contributed by atoms with Crippen molar-refractivity contribution >= 4 is 17.2 Å². The molecule has 0 aliphatic heterocycles. The smallest absolute Gasteiger partial charge is 0.269 e. The van der Waals surface area contributed by atoms with E-state index in [4.69, 9.17) is 0 Å². The summed E-state index contributed by atoms with van der Waals surface area (Å²) >= 11 is 1.66. The Morgan fingerprint density at radius 2 is 2.22 bits per heavy atom. The summed E-state index contributed by atoms with van der Waals surface area (Å²) in [4.78, 5) is 17.9. The number of carbonyl (C=O) groups excluding carboxylic acids is 1. The highest BCUT2D eigenvalue weighted by Crippen LogP contribution is 2.24. The second-order valence-electron chi connectivity index (χ2n) is 5.21. The van der Waals surface area contributed by atoms with Gasteiger partial charge in [0, 0.05) is 11.1 Å². The molecule has 0 spiro atoms. The SMILES string of the molecule is CCC[C@@H](NC(=O)c1cc(-c2ccccn2)n[nH]1)c1cccs1. The first-order chi connectivity index (χ1) is 11.3. The predicted octanol–water partition coefficient (Wildman–Crippen LogP) is 3.80. The minimum atomic E-state index is -0.147. The van der Waals surface area contributed by atoms with E-state index in [0.717, 1.165) is 18.5 Å². The fourth-order valence-corrected chi connectivity index (χ4v) is 3.20. The minimum Gasteiger partial charge on any atom is -0.343 e. The van der Waals surface area contributed by atoms with Crippen LogP contribution in [0.2, 0.25) is 0 Å². The molecule has 0 saturated carbocycles. The molecule has 3 rings (SSSR count). The molecule has 6 heteroatoms. The molecule has 0 radical (unpaired) electrons. The van der Waals surface area contributed by atoms with Gasteiger partial charge in [0.05, 0.1) is 11.7 Å². The normalized spacial score (nSPS) is 12.0. The number of thiophene rings is 1. The molecule has 2 N–H and O–H groups in total. The van der Waals surface area contributed by atoms with Gasteiger partial charge in [0.25, 0.3) is 5.91 Å². The van der Waals surface area contributed by atoms with Crippen molar-refractivity contribution in [2.45, 2.75) is 25.8 Å². The predicted molar refractivity (Wildman–Crippen MR) is 91.3 cm³/mol. The lowest BCUT2D eigenvalue weighted by Gasteiger charge is -2.15. The van der Waals surface area contributed by atoms with Gasteiger partial charge in [-0.25, -0.2) is 0 Å². The van der Waals surface area contributed by atoms with Gasteiger partial charge in [-0.15, -0.1) is 11.3 Å². The number of hydrogen-bond donors (Lipinski definition) is 2. The summed E-state index contributed by atoms with van der Waals surface area (Å²) in [5, 5.41) is 12.1. The van der Waals surface area contributed by atoms with Gasteiger partial charge in [0.15, 0.2) is 0 Å². The quantitative estimate of drug-likeness (QED) is 0.723. The van der Waals surface area contributed by atoms with E-state index in [-0.39, 0.29) is 11.9 Å². The van der Waals surface area contributed by atoms with Crippen molar-refractivity contribution in [3.63, 3.8) is 0 Å². The van der Waals surface area contributed by atoms with Crippen LogP contribution in [0.25, 0.3) is 11.4 Å². The summed E-state index contributed by atoms with van der Waals surface area (Å²) in [6.07, 6.45) is 3.62. The Kier molecular flexibility index (Phi) is 4.83. The highest BCUT2D eigenvalue weighted by Gasteiger charge is 2.18. The molecule has 1 atom stereocenters. The zero-order valence-electron chi connectivity index (χ0n) is 12.8. The number of pyridine rings is 1. The number of aromatic amines is 1. The van der Waals surface area contributed by atoms with Gasteiger partial charge in [0.1, 0.15) is 11.4 Å². The number of nitrogens with one attached hydrogen (secondary N) is 2. The topological polar surface area (TPSA) is 70.7 Å². The van der Waals surface area contributed by atoms with E-state index in [1.165, 1.54) is 4.88 Å². The molecule has 0 saturated heterocycles. The molecule has 0 aliphatic rings. The van der Waals surface area contributed by atoms with Gasteiger partial charge in [-0.05, 0) is 36.1 Å². The first-order valence-electron chi connectivity index (χ1n) is 7.59. The standard InChI is InChI=1S/C17H18N4OS/c1-2-6-13(16-8-5-10-23-16)19-17(22)15-11-14(20-21-15)12-7-3-4-9-18-12/h3-5,7-11,13H,2,6H2,1H3,(H,19,22)(H,20,21)/t13-/m1/s1. The Labute approximate surface area is 138 Å². The molecule has 1 amide bonds. The van der Waals surface area contributed by atoms with Crippen LogP contribution in [-0.2, 0) is 0 Å². The molecule has 3 heterocycles. The van der Waals surface area contributed by atoms with Crippen molar-refractivity contribution in [2.75, 3.05) is 0 Å². The number of H-pyrrole nitrogens is 1. The lowest BCUT2D eigenvalue weighted by molar-refractivity contribution is 0.0930. The zero-order valence-corrected chi connectivity index (χ0v) is 13.6. The molecule has 5 nitrogen and oxygen atoms in total. The van der Waals surface area contributed by atoms with Crippen LogP contribution in [0.15, 0.2) is 48.0 Å². The largest absolute Gasteiger partial charge is 0.343 e. The maximum Gasteiger partial charge on any atom is 0.269 e. The van der Waals surface area contributed by atoms with Crippen LogP contribution in [0.4, 0.5) is 0 Å². The number of carbonyl (C=O) groups is 1. The molecule has 23 heavy (non-hydrogen) atoms. The molecule has 0 fully saturated rings. The maximum atomic E-state index is 12.5. The van der Waals surface area contributed by atoms with Crippen molar-refractivity contribution in [1.82, 2.24) is 20.5 Å². The van der Waals surface area contributed by atoms with E-state index in [0.29, 0.717) is 11.4 Å². The fourth-order valence-electron chi connectivity index (χ4n) is 2.38. The van der Waals surface area contributed by atoms with E-state index >= 15 is 0 Å². The number of hydrogen-bond acceptors (Lipinski definition) is 4. The second-order valence-corrected chi connectivity index (χ2v) is 6.19. The number of aromatic nitrogens is 3. The van der Waals surface area contributed by atoms with Crippen LogP contribution in [0.3, 0.4) is 0 Å². The zero-order chi connectivity index (χ0) is 16.1. The summed E-state index contributed by atoms with van der Waals surface area (Å²) < 4.78 is 0. The first kappa shape index (κ1) is 15.4. The van der Waals surface area contributed by atoms with Gasteiger partial charge in [-0.3, -0.25) is 14.9 Å². The number of rotatable bonds is 6. The van der Waals surface area contributed by atoms with Crippen molar-refractivity contribution < 1.29 is 4.79 Å². The molecule has 0 unspecified atom stereocenters. The third-order valence-electron chi connectivity index (χ3n) is 3.52. The van der Waals surface area contributed by atoms with E-state index in [1.54, 1.807) is 23.6 Å². The average Bonchev–Trinajstić information content (AvgIpc) is 3.27. The van der Waals surface area contributed by atoms with Crippen LogP contribution in [0.5, 0.6) is 0 Å². The van der Waals surface area contributed by atoms with Crippen LogP contribution < -0.4 is 5.32 Å². The van der Waals surface area contributed by atoms with Crippen molar-refractivity contribution in [1.29, 1.82) is 0 Å². The second kappa shape index (κ2) is 7.19. The first-order valence-corrected chi connectivity index (χ1v) is 8.47. The third-order valence-corrected chi connectivity index (χ3v) is 4.51. The summed E-state index contributed by atoms with van der Waals surface area (Å²) in [5.74, 6) is -0.147. The van der Waals surface area contributed by atoms with Gasteiger partial charge in [0.2, 0.25) is 0 Å². The monoisotopic (exact) mass is 326 g/mol. The highest BCUT2D eigenvalue weighted by molar-refractivity contribution is 7.10. The van der Waals surface area contributed by atoms with Gasteiger partial charge < -0.3 is 5.32 Å². The number of amides is 1. The maximum absolute atomic E-state index is 12.5. The molecule has 0 aromatic carbocycles. The van der Waals surface area contributed by atoms with Crippen LogP contribution in [0.1, 0.15) is 41.2 Å². The lowest BCUT2D eigenvalue weighted by atomic mass is 10.1. The highest BCUT2D eigenvalue weighted by atomic mass is 32.1. The Bertz CT molecular complexity index is 752. The molecule has 3 aromatic heterocycles. The van der Waals surface area contributed by atoms with E-state index < -0.39 is 0 Å². The van der Waals surface area contributed by atoms with Crippen LogP contribution >= 0.6 is 11.3 Å². The Hall–Kier alpha value is -2.47. The Morgan fingerprint density at radius 3 is 2.91 bits per heavy atom. The average molecular weight is 326 g/mol. The van der Waals surface area contributed by atoms with E-state index in [1.807, 2.05) is 29.6 Å². The van der Waals surface area contributed by atoms with Gasteiger partial charge >= 0.3 is 0 Å². The van der Waals surface area contributed by atoms with Gasteiger partial charge in [-0.2, -0.15) is 5.10 Å². The minimum absolute atomic E-state index is 0.0362.